The molecule has 16 heavy (non-hydrogen) atoms. The molecule has 86 valence electrons. The average Bonchev–Trinajstić information content (AvgIpc) is 2.27. The zero-order valence-corrected chi connectivity index (χ0v) is 8.80. The first-order valence-corrected chi connectivity index (χ1v) is 4.68. The largest absolute Gasteiger partial charge is 0.479 e. The highest BCUT2D eigenvalue weighted by Gasteiger charge is 2.11. The Bertz CT molecular complexity index is 392. The van der Waals surface area contributed by atoms with Gasteiger partial charge in [-0.1, -0.05) is 0 Å². The highest BCUT2D eigenvalue weighted by Crippen LogP contribution is 2.14. The van der Waals surface area contributed by atoms with Gasteiger partial charge < -0.3 is 15.2 Å². The predicted molar refractivity (Wildman–Crippen MR) is 54.9 cm³/mol. The number of esters is 1. The van der Waals surface area contributed by atoms with Crippen molar-refractivity contribution in [1.82, 2.24) is 4.98 Å². The Morgan fingerprint density at radius 1 is 1.50 bits per heavy atom. The summed E-state index contributed by atoms with van der Waals surface area (Å²) in [4.78, 5) is 25.7. The zero-order valence-electron chi connectivity index (χ0n) is 8.80. The molecule has 1 aromatic rings. The third-order valence-electron chi connectivity index (χ3n) is 1.65. The molecule has 1 heterocycles. The van der Waals surface area contributed by atoms with E-state index in [1.165, 1.54) is 12.3 Å². The van der Waals surface area contributed by atoms with Crippen LogP contribution in [0.5, 0.6) is 5.75 Å². The third-order valence-corrected chi connectivity index (χ3v) is 1.65. The molecule has 0 aliphatic rings. The molecule has 6 heteroatoms. The van der Waals surface area contributed by atoms with Gasteiger partial charge in [0.25, 0.3) is 5.91 Å². The van der Waals surface area contributed by atoms with Gasteiger partial charge in [0.2, 0.25) is 0 Å². The smallest absolute Gasteiger partial charge is 0.344 e. The Labute approximate surface area is 92.4 Å². The summed E-state index contributed by atoms with van der Waals surface area (Å²) in [5, 5.41) is 0. The molecule has 0 spiro atoms. The van der Waals surface area contributed by atoms with Gasteiger partial charge in [-0.05, 0) is 19.1 Å². The summed E-state index contributed by atoms with van der Waals surface area (Å²) < 4.78 is 9.74. The van der Waals surface area contributed by atoms with Gasteiger partial charge in [0.15, 0.2) is 18.1 Å². The molecule has 1 rings (SSSR count). The van der Waals surface area contributed by atoms with Crippen LogP contribution in [-0.2, 0) is 9.53 Å². The summed E-state index contributed by atoms with van der Waals surface area (Å²) in [6, 6.07) is 3.08. The molecular weight excluding hydrogens is 212 g/mol. The minimum absolute atomic E-state index is 0.00759. The van der Waals surface area contributed by atoms with Crippen LogP contribution in [0.15, 0.2) is 18.3 Å². The lowest BCUT2D eigenvalue weighted by atomic mass is 10.3. The van der Waals surface area contributed by atoms with E-state index < -0.39 is 11.9 Å². The first-order chi connectivity index (χ1) is 7.65. The van der Waals surface area contributed by atoms with Crippen LogP contribution in [0.4, 0.5) is 0 Å². The number of pyridine rings is 1. The molecule has 0 saturated carbocycles. The number of rotatable bonds is 5. The first kappa shape index (κ1) is 12.0. The van der Waals surface area contributed by atoms with Crippen LogP contribution in [-0.4, -0.2) is 30.1 Å². The minimum Gasteiger partial charge on any atom is -0.479 e. The number of primary amides is 1. The lowest BCUT2D eigenvalue weighted by molar-refractivity contribution is -0.145. The van der Waals surface area contributed by atoms with Crippen LogP contribution in [0.25, 0.3) is 0 Å². The van der Waals surface area contributed by atoms with Gasteiger partial charge in [-0.15, -0.1) is 0 Å². The highest BCUT2D eigenvalue weighted by atomic mass is 16.6. The van der Waals surface area contributed by atoms with Crippen LogP contribution < -0.4 is 10.5 Å². The molecule has 0 aromatic carbocycles. The molecule has 1 aromatic heterocycles. The summed E-state index contributed by atoms with van der Waals surface area (Å²) in [5.74, 6) is -1.05. The predicted octanol–water partition coefficient (Wildman–Crippen LogP) is 0.122. The third kappa shape index (κ3) is 3.23. The van der Waals surface area contributed by atoms with Crippen LogP contribution in [0.3, 0.4) is 0 Å². The zero-order chi connectivity index (χ0) is 12.0. The van der Waals surface area contributed by atoms with Crippen molar-refractivity contribution in [3.63, 3.8) is 0 Å². The van der Waals surface area contributed by atoms with E-state index in [9.17, 15) is 9.59 Å². The van der Waals surface area contributed by atoms with E-state index in [-0.39, 0.29) is 24.7 Å². The molecule has 0 aliphatic carbocycles. The highest BCUT2D eigenvalue weighted by molar-refractivity contribution is 5.93. The Balaban J connectivity index is 2.66. The molecule has 0 unspecified atom stereocenters. The van der Waals surface area contributed by atoms with Gasteiger partial charge in [0, 0.05) is 6.20 Å². The van der Waals surface area contributed by atoms with Crippen molar-refractivity contribution in [3.05, 3.63) is 24.0 Å². The number of ether oxygens (including phenoxy) is 2. The Morgan fingerprint density at radius 3 is 2.88 bits per heavy atom. The maximum atomic E-state index is 11.0. The summed E-state index contributed by atoms with van der Waals surface area (Å²) in [6.07, 6.45) is 1.41. The summed E-state index contributed by atoms with van der Waals surface area (Å²) >= 11 is 0. The number of carbonyl (C=O) groups is 2. The van der Waals surface area contributed by atoms with E-state index in [4.69, 9.17) is 10.5 Å². The number of nitrogens with zero attached hydrogens (tertiary/aromatic N) is 1. The molecule has 0 bridgehead atoms. The van der Waals surface area contributed by atoms with E-state index in [0.717, 1.165) is 0 Å². The lowest BCUT2D eigenvalue weighted by Crippen LogP contribution is -2.18. The number of amides is 1. The van der Waals surface area contributed by atoms with Crippen molar-refractivity contribution < 1.29 is 19.1 Å². The quantitative estimate of drug-likeness (QED) is 0.717. The topological polar surface area (TPSA) is 91.5 Å². The van der Waals surface area contributed by atoms with Crippen molar-refractivity contribution >= 4 is 11.9 Å². The van der Waals surface area contributed by atoms with E-state index in [0.29, 0.717) is 0 Å². The summed E-state index contributed by atoms with van der Waals surface area (Å²) in [6.45, 7) is 1.69. The van der Waals surface area contributed by atoms with Gasteiger partial charge in [-0.2, -0.15) is 0 Å². The second kappa shape index (κ2) is 5.69. The van der Waals surface area contributed by atoms with Crippen LogP contribution in [0.1, 0.15) is 17.4 Å². The summed E-state index contributed by atoms with van der Waals surface area (Å²) in [5.41, 5.74) is 5.07. The van der Waals surface area contributed by atoms with Crippen LogP contribution >= 0.6 is 0 Å². The number of carbonyl (C=O) groups excluding carboxylic acids is 2. The Hall–Kier alpha value is -2.11. The molecule has 0 atom stereocenters. The van der Waals surface area contributed by atoms with Gasteiger partial charge >= 0.3 is 5.97 Å². The van der Waals surface area contributed by atoms with Crippen molar-refractivity contribution in [2.75, 3.05) is 13.2 Å². The molecular formula is C10H12N2O4. The number of hydrogen-bond donors (Lipinski definition) is 1. The van der Waals surface area contributed by atoms with Gasteiger partial charge in [-0.3, -0.25) is 4.79 Å². The SMILES string of the molecule is CCOC(=O)COc1cccnc1C(N)=O. The van der Waals surface area contributed by atoms with E-state index >= 15 is 0 Å². The molecule has 0 aliphatic heterocycles. The van der Waals surface area contributed by atoms with Crippen LogP contribution in [0.2, 0.25) is 0 Å². The normalized spacial score (nSPS) is 9.56. The Morgan fingerprint density at radius 2 is 2.25 bits per heavy atom. The fourth-order valence-electron chi connectivity index (χ4n) is 1.03. The standard InChI is InChI=1S/C10H12N2O4/c1-2-15-8(13)6-16-7-4-3-5-12-9(7)10(11)14/h3-5H,2,6H2,1H3,(H2,11,14). The lowest BCUT2D eigenvalue weighted by Gasteiger charge is -2.07. The molecule has 2 N–H and O–H groups in total. The monoisotopic (exact) mass is 224 g/mol. The van der Waals surface area contributed by atoms with Crippen molar-refractivity contribution in [2.24, 2.45) is 5.73 Å². The van der Waals surface area contributed by atoms with Gasteiger partial charge in [-0.25, -0.2) is 9.78 Å². The molecule has 1 amide bonds. The average molecular weight is 224 g/mol. The molecule has 0 radical (unpaired) electrons. The molecule has 6 nitrogen and oxygen atoms in total. The maximum Gasteiger partial charge on any atom is 0.344 e. The fraction of sp³-hybridized carbons (Fsp3) is 0.300. The molecule has 0 saturated heterocycles. The van der Waals surface area contributed by atoms with E-state index in [2.05, 4.69) is 9.72 Å². The van der Waals surface area contributed by atoms with Gasteiger partial charge in [0.1, 0.15) is 0 Å². The minimum atomic E-state index is -0.709. The Kier molecular flexibility index (Phi) is 4.26. The second-order valence-corrected chi connectivity index (χ2v) is 2.81. The van der Waals surface area contributed by atoms with Crippen molar-refractivity contribution in [3.8, 4) is 5.75 Å². The van der Waals surface area contributed by atoms with E-state index in [1.807, 2.05) is 0 Å². The van der Waals surface area contributed by atoms with Gasteiger partial charge in [0.05, 0.1) is 6.61 Å². The summed E-state index contributed by atoms with van der Waals surface area (Å²) in [7, 11) is 0. The van der Waals surface area contributed by atoms with Crippen molar-refractivity contribution in [1.29, 1.82) is 0 Å². The van der Waals surface area contributed by atoms with E-state index in [1.54, 1.807) is 13.0 Å². The number of nitrogens with two attached hydrogens (primary N) is 1. The maximum absolute atomic E-state index is 11.0. The second-order valence-electron chi connectivity index (χ2n) is 2.81. The molecule has 0 fully saturated rings. The van der Waals surface area contributed by atoms with Crippen molar-refractivity contribution in [2.45, 2.75) is 6.92 Å². The fourth-order valence-corrected chi connectivity index (χ4v) is 1.03. The first-order valence-electron chi connectivity index (χ1n) is 4.68. The number of aromatic nitrogens is 1. The number of hydrogen-bond acceptors (Lipinski definition) is 5. The van der Waals surface area contributed by atoms with Crippen LogP contribution in [0, 0.1) is 0 Å².